The van der Waals surface area contributed by atoms with Crippen LogP contribution in [0.15, 0.2) is 16.6 Å². The molecule has 9 nitrogen and oxygen atoms in total. The van der Waals surface area contributed by atoms with Crippen molar-refractivity contribution in [1.82, 2.24) is 29.7 Å². The summed E-state index contributed by atoms with van der Waals surface area (Å²) in [5, 5.41) is 5.94. The van der Waals surface area contributed by atoms with Crippen molar-refractivity contribution < 1.29 is 8.42 Å². The monoisotopic (exact) mass is 391 g/mol. The topological polar surface area (TPSA) is 83.5 Å². The van der Waals surface area contributed by atoms with Gasteiger partial charge in [0.1, 0.15) is 12.4 Å². The predicted molar refractivity (Wildman–Crippen MR) is 97.2 cm³/mol. The van der Waals surface area contributed by atoms with E-state index in [0.29, 0.717) is 25.7 Å². The van der Waals surface area contributed by atoms with Crippen LogP contribution in [0.2, 0.25) is 0 Å². The quantitative estimate of drug-likeness (QED) is 0.651. The van der Waals surface area contributed by atoms with Gasteiger partial charge in [0.2, 0.25) is 10.0 Å². The molecule has 1 fully saturated rings. The van der Waals surface area contributed by atoms with Gasteiger partial charge in [-0.1, -0.05) is 13.8 Å². The van der Waals surface area contributed by atoms with Crippen LogP contribution in [0, 0.1) is 5.92 Å². The van der Waals surface area contributed by atoms with Crippen LogP contribution in [0.1, 0.15) is 26.7 Å². The second kappa shape index (κ2) is 7.18. The number of nitrogens with zero attached hydrogens (tertiary/aromatic N) is 5. The summed E-state index contributed by atoms with van der Waals surface area (Å²) < 4.78 is 26.4. The second-order valence-corrected chi connectivity index (χ2v) is 9.48. The van der Waals surface area contributed by atoms with Crippen LogP contribution in [0.3, 0.4) is 0 Å². The number of rotatable bonds is 5. The maximum Gasteiger partial charge on any atom is 0.211 e. The Morgan fingerprint density at radius 1 is 1.40 bits per heavy atom. The molecule has 0 atom stereocenters. The summed E-state index contributed by atoms with van der Waals surface area (Å²) >= 11 is 6.26. The fourth-order valence-electron chi connectivity index (χ4n) is 3.21. The number of hydrazine groups is 2. The van der Waals surface area contributed by atoms with Gasteiger partial charge in [0.25, 0.3) is 0 Å². The Kier molecular flexibility index (Phi) is 5.33. The molecule has 0 spiro atoms. The van der Waals surface area contributed by atoms with Crippen LogP contribution in [-0.2, 0) is 10.0 Å². The Hall–Kier alpha value is -1.23. The first-order chi connectivity index (χ1) is 11.7. The van der Waals surface area contributed by atoms with Crippen molar-refractivity contribution in [3.05, 3.63) is 11.5 Å². The van der Waals surface area contributed by atoms with E-state index in [1.165, 1.54) is 10.6 Å². The summed E-state index contributed by atoms with van der Waals surface area (Å²) in [7, 11) is -3.11. The molecule has 1 saturated heterocycles. The lowest BCUT2D eigenvalue weighted by atomic mass is 10.1. The summed E-state index contributed by atoms with van der Waals surface area (Å²) in [5.41, 5.74) is 7.43. The lowest BCUT2D eigenvalue weighted by Crippen LogP contribution is -2.55. The number of hydrazone groups is 1. The van der Waals surface area contributed by atoms with E-state index in [4.69, 9.17) is 11.8 Å². The SMILES string of the molecule is CC(C)CN1CN(Cl)C2=C1NN(NC1CCN(S(C)(=O)=O)CC1)N=C2. The van der Waals surface area contributed by atoms with Gasteiger partial charge in [-0.3, -0.25) is 4.42 Å². The van der Waals surface area contributed by atoms with Gasteiger partial charge >= 0.3 is 0 Å². The van der Waals surface area contributed by atoms with Crippen molar-refractivity contribution in [2.45, 2.75) is 32.7 Å². The Morgan fingerprint density at radius 2 is 2.08 bits per heavy atom. The molecule has 0 aliphatic carbocycles. The third-order valence-corrected chi connectivity index (χ3v) is 6.03. The van der Waals surface area contributed by atoms with Crippen LogP contribution in [0.4, 0.5) is 0 Å². The minimum Gasteiger partial charge on any atom is -0.336 e. The first kappa shape index (κ1) is 18.6. The highest BCUT2D eigenvalue weighted by Gasteiger charge is 2.32. The van der Waals surface area contributed by atoms with Gasteiger partial charge in [0.05, 0.1) is 12.5 Å². The molecular formula is C14H26ClN7O2S. The summed E-state index contributed by atoms with van der Waals surface area (Å²) in [6, 6.07) is 0.164. The van der Waals surface area contributed by atoms with Crippen molar-refractivity contribution in [3.63, 3.8) is 0 Å². The number of hydrogen-bond acceptors (Lipinski definition) is 8. The average molecular weight is 392 g/mol. The standard InChI is InChI=1S/C14H26ClN7O2S/c1-11(2)9-19-10-21(15)13-8-16-22(18-14(13)19)17-12-4-6-20(7-5-12)25(3,23)24/h8,11-12,17-18H,4-7,9-10H2,1-3H3. The predicted octanol–water partition coefficient (Wildman–Crippen LogP) is 0.275. The minimum atomic E-state index is -3.11. The lowest BCUT2D eigenvalue weighted by Gasteiger charge is -2.35. The van der Waals surface area contributed by atoms with E-state index in [9.17, 15) is 8.42 Å². The van der Waals surface area contributed by atoms with Crippen molar-refractivity contribution >= 4 is 28.0 Å². The molecular weight excluding hydrogens is 366 g/mol. The van der Waals surface area contributed by atoms with Gasteiger partial charge in [-0.25, -0.2) is 18.1 Å². The Balaban J connectivity index is 1.56. The van der Waals surface area contributed by atoms with Crippen molar-refractivity contribution in [1.29, 1.82) is 0 Å². The largest absolute Gasteiger partial charge is 0.336 e. The highest BCUT2D eigenvalue weighted by molar-refractivity contribution is 7.88. The van der Waals surface area contributed by atoms with Gasteiger partial charge in [-0.15, -0.1) is 10.3 Å². The Bertz CT molecular complexity index is 658. The van der Waals surface area contributed by atoms with E-state index in [-0.39, 0.29) is 6.04 Å². The molecule has 0 radical (unpaired) electrons. The summed E-state index contributed by atoms with van der Waals surface area (Å²) in [5.74, 6) is 1.44. The van der Waals surface area contributed by atoms with Crippen LogP contribution in [-0.4, -0.2) is 72.1 Å². The molecule has 0 unspecified atom stereocenters. The number of sulfonamides is 1. The first-order valence-electron chi connectivity index (χ1n) is 8.48. The molecule has 3 aliphatic heterocycles. The first-order valence-corrected chi connectivity index (χ1v) is 10.7. The molecule has 0 bridgehead atoms. The van der Waals surface area contributed by atoms with Crippen LogP contribution >= 0.6 is 11.8 Å². The minimum absolute atomic E-state index is 0.164. The average Bonchev–Trinajstić information content (AvgIpc) is 2.82. The molecule has 3 aliphatic rings. The number of nitrogens with one attached hydrogen (secondary N) is 2. The van der Waals surface area contributed by atoms with Gasteiger partial charge < -0.3 is 4.90 Å². The number of halogens is 1. The molecule has 0 saturated carbocycles. The molecule has 3 rings (SSSR count). The van der Waals surface area contributed by atoms with E-state index >= 15 is 0 Å². The number of allylic oxidation sites excluding steroid dienone is 1. The third kappa shape index (κ3) is 4.30. The maximum atomic E-state index is 11.6. The maximum absolute atomic E-state index is 11.6. The van der Waals surface area contributed by atoms with Crippen LogP contribution in [0.5, 0.6) is 0 Å². The normalized spacial score (nSPS) is 22.8. The van der Waals surface area contributed by atoms with Crippen molar-refractivity contribution in [2.75, 3.05) is 32.6 Å². The van der Waals surface area contributed by atoms with Gasteiger partial charge in [-0.2, -0.15) is 5.43 Å². The van der Waals surface area contributed by atoms with E-state index < -0.39 is 10.0 Å². The summed E-state index contributed by atoms with van der Waals surface area (Å²) in [6.07, 6.45) is 4.47. The smallest absolute Gasteiger partial charge is 0.211 e. The molecule has 25 heavy (non-hydrogen) atoms. The second-order valence-electron chi connectivity index (χ2n) is 7.09. The van der Waals surface area contributed by atoms with E-state index in [0.717, 1.165) is 30.9 Å². The van der Waals surface area contributed by atoms with E-state index in [1.54, 1.807) is 15.9 Å². The van der Waals surface area contributed by atoms with Gasteiger partial charge in [-0.05, 0) is 18.8 Å². The zero-order chi connectivity index (χ0) is 18.2. The summed E-state index contributed by atoms with van der Waals surface area (Å²) in [6.45, 7) is 6.89. The zero-order valence-corrected chi connectivity index (χ0v) is 16.4. The Labute approximate surface area is 154 Å². The molecule has 3 heterocycles. The van der Waals surface area contributed by atoms with E-state index in [1.807, 2.05) is 0 Å². The molecule has 0 amide bonds. The molecule has 142 valence electrons. The van der Waals surface area contributed by atoms with Gasteiger partial charge in [0.15, 0.2) is 5.82 Å². The third-order valence-electron chi connectivity index (χ3n) is 4.44. The fraction of sp³-hybridized carbons (Fsp3) is 0.786. The number of hydrogen-bond donors (Lipinski definition) is 2. The molecule has 0 aromatic rings. The lowest BCUT2D eigenvalue weighted by molar-refractivity contribution is 0.0754. The van der Waals surface area contributed by atoms with Gasteiger partial charge in [0, 0.05) is 37.5 Å². The zero-order valence-electron chi connectivity index (χ0n) is 14.8. The van der Waals surface area contributed by atoms with Crippen molar-refractivity contribution in [2.24, 2.45) is 11.0 Å². The molecule has 2 N–H and O–H groups in total. The Morgan fingerprint density at radius 3 is 2.68 bits per heavy atom. The molecule has 0 aromatic carbocycles. The fourth-order valence-corrected chi connectivity index (χ4v) is 4.34. The van der Waals surface area contributed by atoms with E-state index in [2.05, 4.69) is 34.7 Å². The highest BCUT2D eigenvalue weighted by atomic mass is 35.5. The molecule has 11 heteroatoms. The molecule has 0 aromatic heterocycles. The van der Waals surface area contributed by atoms with Crippen LogP contribution in [0.25, 0.3) is 0 Å². The number of piperidine rings is 1. The summed E-state index contributed by atoms with van der Waals surface area (Å²) in [4.78, 5) is 2.18. The van der Waals surface area contributed by atoms with Crippen molar-refractivity contribution in [3.8, 4) is 0 Å². The van der Waals surface area contributed by atoms with Crippen LogP contribution < -0.4 is 10.9 Å². The highest BCUT2D eigenvalue weighted by Crippen LogP contribution is 2.26.